The van der Waals surface area contributed by atoms with Crippen molar-refractivity contribution >= 4 is 39.6 Å². The SMILES string of the molecule is CSCC1C(N)C(=O)Oc2c(OCC(F)(F)F)ccnc2C1CS(=O)c1nc2ccccc2[nH]1. The Hall–Kier alpha value is -2.64. The van der Waals surface area contributed by atoms with Gasteiger partial charge in [-0.05, 0) is 24.1 Å². The fraction of sp³-hybridized carbons (Fsp3) is 0.381. The van der Waals surface area contributed by atoms with Gasteiger partial charge in [-0.15, -0.1) is 0 Å². The van der Waals surface area contributed by atoms with E-state index in [1.807, 2.05) is 12.3 Å². The molecule has 182 valence electrons. The number of nitrogens with zero attached hydrogens (tertiary/aromatic N) is 2. The van der Waals surface area contributed by atoms with Gasteiger partial charge in [0, 0.05) is 29.9 Å². The average molecular weight is 515 g/mol. The van der Waals surface area contributed by atoms with E-state index in [4.69, 9.17) is 15.2 Å². The Morgan fingerprint density at radius 1 is 1.29 bits per heavy atom. The summed E-state index contributed by atoms with van der Waals surface area (Å²) in [6.07, 6.45) is -1.50. The van der Waals surface area contributed by atoms with Gasteiger partial charge in [0.15, 0.2) is 23.3 Å². The van der Waals surface area contributed by atoms with Gasteiger partial charge in [0.05, 0.1) is 27.5 Å². The molecule has 4 unspecified atom stereocenters. The molecule has 8 nitrogen and oxygen atoms in total. The second kappa shape index (κ2) is 9.92. The van der Waals surface area contributed by atoms with E-state index in [9.17, 15) is 22.2 Å². The molecule has 3 N–H and O–H groups in total. The van der Waals surface area contributed by atoms with E-state index in [-0.39, 0.29) is 28.1 Å². The average Bonchev–Trinajstić information content (AvgIpc) is 3.20. The van der Waals surface area contributed by atoms with Gasteiger partial charge in [0.1, 0.15) is 6.04 Å². The molecular weight excluding hydrogens is 493 g/mol. The summed E-state index contributed by atoms with van der Waals surface area (Å²) < 4.78 is 61.8. The van der Waals surface area contributed by atoms with Crippen molar-refractivity contribution in [3.05, 3.63) is 42.2 Å². The summed E-state index contributed by atoms with van der Waals surface area (Å²) in [5.41, 5.74) is 7.71. The monoisotopic (exact) mass is 514 g/mol. The number of nitrogens with one attached hydrogen (secondary N) is 1. The van der Waals surface area contributed by atoms with Crippen LogP contribution in [0.1, 0.15) is 11.6 Å². The lowest BCUT2D eigenvalue weighted by atomic mass is 9.87. The van der Waals surface area contributed by atoms with E-state index in [0.29, 0.717) is 16.8 Å². The second-order valence-electron chi connectivity index (χ2n) is 7.67. The molecule has 1 aromatic carbocycles. The fourth-order valence-electron chi connectivity index (χ4n) is 3.78. The van der Waals surface area contributed by atoms with E-state index >= 15 is 0 Å². The zero-order valence-electron chi connectivity index (χ0n) is 17.9. The number of pyridine rings is 1. The van der Waals surface area contributed by atoms with E-state index < -0.39 is 47.4 Å². The number of nitrogens with two attached hydrogens (primary N) is 1. The minimum Gasteiger partial charge on any atom is -0.480 e. The number of esters is 1. The lowest BCUT2D eigenvalue weighted by Gasteiger charge is -2.26. The van der Waals surface area contributed by atoms with Gasteiger partial charge in [-0.3, -0.25) is 9.19 Å². The van der Waals surface area contributed by atoms with Gasteiger partial charge in [-0.25, -0.2) is 9.78 Å². The number of rotatable bonds is 7. The van der Waals surface area contributed by atoms with Gasteiger partial charge < -0.3 is 20.2 Å². The number of carbonyl (C=O) groups is 1. The standard InChI is InChI=1S/C21H21F3N4O4S2/c1-33-8-11-12(9-34(30)20-27-13-4-2-3-5-14(13)28-20)17-18(32-19(29)16(11)25)15(6-7-26-17)31-10-21(22,23)24/h2-7,11-12,16H,8-10,25H2,1H3,(H,27,28). The van der Waals surface area contributed by atoms with Crippen LogP contribution in [0.4, 0.5) is 13.2 Å². The Morgan fingerprint density at radius 2 is 2.06 bits per heavy atom. The Bertz CT molecular complexity index is 1190. The van der Waals surface area contributed by atoms with Crippen LogP contribution in [0.5, 0.6) is 11.5 Å². The number of hydrogen-bond acceptors (Lipinski definition) is 8. The number of hydrogen-bond donors (Lipinski definition) is 2. The molecule has 0 fully saturated rings. The zero-order valence-corrected chi connectivity index (χ0v) is 19.5. The van der Waals surface area contributed by atoms with Crippen molar-refractivity contribution in [2.75, 3.05) is 24.4 Å². The number of halogens is 3. The van der Waals surface area contributed by atoms with Crippen molar-refractivity contribution in [3.8, 4) is 11.5 Å². The lowest BCUT2D eigenvalue weighted by Crippen LogP contribution is -2.43. The molecule has 4 rings (SSSR count). The molecule has 0 saturated heterocycles. The van der Waals surface area contributed by atoms with Crippen molar-refractivity contribution in [3.63, 3.8) is 0 Å². The van der Waals surface area contributed by atoms with Gasteiger partial charge in [-0.1, -0.05) is 12.1 Å². The number of ether oxygens (including phenoxy) is 2. The Kier molecular flexibility index (Phi) is 7.14. The predicted molar refractivity (Wildman–Crippen MR) is 121 cm³/mol. The number of imidazole rings is 1. The Labute approximate surface area is 199 Å². The second-order valence-corrected chi connectivity index (χ2v) is 9.99. The number of para-hydroxylation sites is 2. The Morgan fingerprint density at radius 3 is 2.76 bits per heavy atom. The van der Waals surface area contributed by atoms with Gasteiger partial charge in [0.2, 0.25) is 0 Å². The molecule has 34 heavy (non-hydrogen) atoms. The highest BCUT2D eigenvalue weighted by Crippen LogP contribution is 2.42. The van der Waals surface area contributed by atoms with Crippen molar-refractivity contribution in [1.82, 2.24) is 15.0 Å². The summed E-state index contributed by atoms with van der Waals surface area (Å²) in [6, 6.07) is 7.28. The van der Waals surface area contributed by atoms with Gasteiger partial charge in [0.25, 0.3) is 0 Å². The fourth-order valence-corrected chi connectivity index (χ4v) is 5.91. The van der Waals surface area contributed by atoms with Crippen LogP contribution in [0.2, 0.25) is 0 Å². The maximum atomic E-state index is 13.3. The number of benzene rings is 1. The summed E-state index contributed by atoms with van der Waals surface area (Å²) in [5, 5.41) is 0.236. The third-order valence-electron chi connectivity index (χ3n) is 5.36. The minimum absolute atomic E-state index is 0.0297. The maximum absolute atomic E-state index is 13.3. The molecule has 4 atom stereocenters. The van der Waals surface area contributed by atoms with Crippen LogP contribution in [0.25, 0.3) is 11.0 Å². The topological polar surface area (TPSA) is 120 Å². The Balaban J connectivity index is 1.73. The van der Waals surface area contributed by atoms with Crippen molar-refractivity contribution in [2.24, 2.45) is 11.7 Å². The molecule has 3 aromatic rings. The molecule has 0 radical (unpaired) electrons. The molecule has 2 aromatic heterocycles. The molecule has 3 heterocycles. The molecule has 13 heteroatoms. The van der Waals surface area contributed by atoms with Crippen LogP contribution in [0, 0.1) is 5.92 Å². The smallest absolute Gasteiger partial charge is 0.422 e. The van der Waals surface area contributed by atoms with Gasteiger partial charge >= 0.3 is 12.1 Å². The summed E-state index contributed by atoms with van der Waals surface area (Å²) in [4.78, 5) is 24.4. The normalized spacial score (nSPS) is 21.6. The first-order valence-corrected chi connectivity index (χ1v) is 12.9. The highest BCUT2D eigenvalue weighted by atomic mass is 32.2. The molecular formula is C21H21F3N4O4S2. The predicted octanol–water partition coefficient (Wildman–Crippen LogP) is 3.02. The molecule has 0 amide bonds. The number of carbonyl (C=O) groups excluding carboxylic acids is 1. The number of thioether (sulfide) groups is 1. The quantitative estimate of drug-likeness (QED) is 0.462. The first-order valence-electron chi connectivity index (χ1n) is 10.2. The first-order chi connectivity index (χ1) is 16.2. The molecule has 0 spiro atoms. The number of H-pyrrole nitrogens is 1. The molecule has 1 aliphatic rings. The maximum Gasteiger partial charge on any atom is 0.422 e. The largest absolute Gasteiger partial charge is 0.480 e. The van der Waals surface area contributed by atoms with Crippen LogP contribution in [0.3, 0.4) is 0 Å². The van der Waals surface area contributed by atoms with Crippen LogP contribution in [-0.2, 0) is 15.6 Å². The van der Waals surface area contributed by atoms with Crippen molar-refractivity contribution in [2.45, 2.75) is 23.3 Å². The van der Waals surface area contributed by atoms with Crippen LogP contribution < -0.4 is 15.2 Å². The van der Waals surface area contributed by atoms with E-state index in [1.165, 1.54) is 24.0 Å². The number of fused-ring (bicyclic) bond motifs is 2. The third kappa shape index (κ3) is 5.20. The first kappa shape index (κ1) is 24.5. The van der Waals surface area contributed by atoms with Crippen LogP contribution >= 0.6 is 11.8 Å². The van der Waals surface area contributed by atoms with E-state index in [2.05, 4.69) is 15.0 Å². The molecule has 1 aliphatic heterocycles. The number of aromatic nitrogens is 3. The van der Waals surface area contributed by atoms with Crippen LogP contribution in [-0.4, -0.2) is 61.7 Å². The molecule has 0 aliphatic carbocycles. The van der Waals surface area contributed by atoms with Crippen LogP contribution in [0.15, 0.2) is 41.7 Å². The highest BCUT2D eigenvalue weighted by molar-refractivity contribution is 7.98. The van der Waals surface area contributed by atoms with Crippen molar-refractivity contribution < 1.29 is 31.6 Å². The molecule has 0 saturated carbocycles. The summed E-state index contributed by atoms with van der Waals surface area (Å²) >= 11 is 1.43. The van der Waals surface area contributed by atoms with E-state index in [0.717, 1.165) is 0 Å². The zero-order chi connectivity index (χ0) is 24.5. The lowest BCUT2D eigenvalue weighted by molar-refractivity contribution is -0.153. The summed E-state index contributed by atoms with van der Waals surface area (Å²) in [7, 11) is -1.66. The summed E-state index contributed by atoms with van der Waals surface area (Å²) in [6.45, 7) is -1.57. The van der Waals surface area contributed by atoms with Gasteiger partial charge in [-0.2, -0.15) is 24.9 Å². The molecule has 0 bridgehead atoms. The number of aromatic amines is 1. The minimum atomic E-state index is -4.59. The third-order valence-corrected chi connectivity index (χ3v) is 7.37. The number of alkyl halides is 3. The van der Waals surface area contributed by atoms with Crippen molar-refractivity contribution in [1.29, 1.82) is 0 Å². The van der Waals surface area contributed by atoms with E-state index in [1.54, 1.807) is 18.2 Å². The summed E-state index contributed by atoms with van der Waals surface area (Å²) in [5.74, 6) is -2.17. The highest BCUT2D eigenvalue weighted by Gasteiger charge is 2.42.